The van der Waals surface area contributed by atoms with E-state index in [2.05, 4.69) is 0 Å². The van der Waals surface area contributed by atoms with Crippen molar-refractivity contribution >= 4 is 23.7 Å². The minimum absolute atomic E-state index is 0.191. The molecule has 1 N–H and O–H groups in total. The summed E-state index contributed by atoms with van der Waals surface area (Å²) in [6, 6.07) is 6.33. The van der Waals surface area contributed by atoms with E-state index in [1.165, 1.54) is 31.0 Å². The Morgan fingerprint density at radius 3 is 2.44 bits per heavy atom. The van der Waals surface area contributed by atoms with E-state index < -0.39 is 5.97 Å². The van der Waals surface area contributed by atoms with Gasteiger partial charge in [-0.2, -0.15) is 0 Å². The van der Waals surface area contributed by atoms with Crippen molar-refractivity contribution < 1.29 is 24.2 Å². The molecule has 98 valence electrons. The second-order valence-corrected chi connectivity index (χ2v) is 4.38. The van der Waals surface area contributed by atoms with Gasteiger partial charge in [0, 0.05) is 12.0 Å². The number of carboxylic acids is 1. The molecule has 0 saturated carbocycles. The van der Waals surface area contributed by atoms with Crippen molar-refractivity contribution in [3.05, 3.63) is 29.8 Å². The highest BCUT2D eigenvalue weighted by atomic mass is 32.2. The molecular weight excluding hydrogens is 256 g/mol. The van der Waals surface area contributed by atoms with Gasteiger partial charge in [0.2, 0.25) is 0 Å². The van der Waals surface area contributed by atoms with Crippen molar-refractivity contribution in [3.63, 3.8) is 0 Å². The molecule has 0 aliphatic rings. The van der Waals surface area contributed by atoms with Crippen LogP contribution in [0, 0.1) is 0 Å². The molecule has 0 aliphatic heterocycles. The number of aromatic carboxylic acids is 1. The zero-order valence-corrected chi connectivity index (χ0v) is 10.7. The third-order valence-corrected chi connectivity index (χ3v) is 2.99. The average Bonchev–Trinajstić information content (AvgIpc) is 2.37. The van der Waals surface area contributed by atoms with E-state index in [0.717, 1.165) is 4.90 Å². The lowest BCUT2D eigenvalue weighted by molar-refractivity contribution is -0.141. The number of rotatable bonds is 7. The summed E-state index contributed by atoms with van der Waals surface area (Å²) in [4.78, 5) is 22.7. The number of carbonyl (C=O) groups is 2. The van der Waals surface area contributed by atoms with Crippen LogP contribution in [0.25, 0.3) is 0 Å². The van der Waals surface area contributed by atoms with Crippen molar-refractivity contribution in [2.75, 3.05) is 26.1 Å². The molecule has 0 unspecified atom stereocenters. The van der Waals surface area contributed by atoms with E-state index in [0.29, 0.717) is 6.61 Å². The molecule has 18 heavy (non-hydrogen) atoms. The van der Waals surface area contributed by atoms with E-state index in [1.807, 2.05) is 0 Å². The highest BCUT2D eigenvalue weighted by molar-refractivity contribution is 8.00. The summed E-state index contributed by atoms with van der Waals surface area (Å²) in [5.41, 5.74) is 0.224. The van der Waals surface area contributed by atoms with Gasteiger partial charge in [-0.25, -0.2) is 4.79 Å². The molecule has 5 nitrogen and oxygen atoms in total. The first-order valence-corrected chi connectivity index (χ1v) is 6.22. The number of hydrogen-bond donors (Lipinski definition) is 1. The van der Waals surface area contributed by atoms with Crippen LogP contribution in [0.15, 0.2) is 29.2 Å². The highest BCUT2D eigenvalue weighted by Gasteiger charge is 2.05. The largest absolute Gasteiger partial charge is 0.478 e. The first-order valence-electron chi connectivity index (χ1n) is 5.24. The van der Waals surface area contributed by atoms with Crippen LogP contribution < -0.4 is 0 Å². The fraction of sp³-hybridized carbons (Fsp3) is 0.333. The Labute approximate surface area is 109 Å². The number of ether oxygens (including phenoxy) is 2. The number of carbonyl (C=O) groups excluding carboxylic acids is 1. The van der Waals surface area contributed by atoms with Gasteiger partial charge in [-0.05, 0) is 24.3 Å². The molecule has 0 spiro atoms. The predicted octanol–water partition coefficient (Wildman–Crippen LogP) is 1.67. The van der Waals surface area contributed by atoms with Gasteiger partial charge in [0.25, 0.3) is 0 Å². The van der Waals surface area contributed by atoms with Gasteiger partial charge in [0.15, 0.2) is 0 Å². The van der Waals surface area contributed by atoms with E-state index >= 15 is 0 Å². The molecular formula is C12H14O5S. The number of thioether (sulfide) groups is 1. The van der Waals surface area contributed by atoms with Crippen LogP contribution >= 0.6 is 11.8 Å². The lowest BCUT2D eigenvalue weighted by Gasteiger charge is -2.04. The maximum Gasteiger partial charge on any atom is 0.335 e. The third kappa shape index (κ3) is 5.20. The van der Waals surface area contributed by atoms with Crippen LogP contribution in [0.5, 0.6) is 0 Å². The summed E-state index contributed by atoms with van der Waals surface area (Å²) in [6.45, 7) is 0.623. The molecule has 0 heterocycles. The maximum atomic E-state index is 11.3. The highest BCUT2D eigenvalue weighted by Crippen LogP contribution is 2.18. The van der Waals surface area contributed by atoms with Crippen molar-refractivity contribution in [2.45, 2.75) is 4.90 Å². The Balaban J connectivity index is 2.34. The van der Waals surface area contributed by atoms with Gasteiger partial charge in [-0.15, -0.1) is 11.8 Å². The molecule has 0 aliphatic carbocycles. The molecule has 1 aromatic rings. The molecule has 1 aromatic carbocycles. The van der Waals surface area contributed by atoms with Crippen LogP contribution in [0.1, 0.15) is 10.4 Å². The SMILES string of the molecule is COCCOC(=O)CSc1ccc(C(=O)O)cc1. The Hall–Kier alpha value is -1.53. The summed E-state index contributed by atoms with van der Waals surface area (Å²) in [5.74, 6) is -1.10. The Bertz CT molecular complexity index is 401. The molecule has 0 radical (unpaired) electrons. The van der Waals surface area contributed by atoms with Crippen molar-refractivity contribution in [1.29, 1.82) is 0 Å². The Kier molecular flexibility index (Phi) is 6.24. The van der Waals surface area contributed by atoms with Gasteiger partial charge in [-0.1, -0.05) is 0 Å². The molecule has 0 aromatic heterocycles. The first-order chi connectivity index (χ1) is 8.63. The zero-order valence-electron chi connectivity index (χ0n) is 9.92. The van der Waals surface area contributed by atoms with Crippen LogP contribution in [0.2, 0.25) is 0 Å². The number of hydrogen-bond acceptors (Lipinski definition) is 5. The van der Waals surface area contributed by atoms with Crippen molar-refractivity contribution in [3.8, 4) is 0 Å². The molecule has 0 amide bonds. The average molecular weight is 270 g/mol. The van der Waals surface area contributed by atoms with Crippen molar-refractivity contribution in [2.24, 2.45) is 0 Å². The lowest BCUT2D eigenvalue weighted by atomic mass is 10.2. The van der Waals surface area contributed by atoms with Crippen LogP contribution in [-0.2, 0) is 14.3 Å². The molecule has 0 atom stereocenters. The summed E-state index contributed by atoms with van der Waals surface area (Å²) >= 11 is 1.30. The number of benzene rings is 1. The number of methoxy groups -OCH3 is 1. The summed E-state index contributed by atoms with van der Waals surface area (Å²) in [7, 11) is 1.53. The molecule has 0 fully saturated rings. The second kappa shape index (κ2) is 7.73. The van der Waals surface area contributed by atoms with Gasteiger partial charge in [0.05, 0.1) is 17.9 Å². The minimum Gasteiger partial charge on any atom is -0.478 e. The van der Waals surface area contributed by atoms with Gasteiger partial charge in [0.1, 0.15) is 6.61 Å². The zero-order chi connectivity index (χ0) is 13.4. The van der Waals surface area contributed by atoms with Gasteiger partial charge >= 0.3 is 11.9 Å². The summed E-state index contributed by atoms with van der Waals surface area (Å²) in [6.07, 6.45) is 0. The van der Waals surface area contributed by atoms with E-state index in [-0.39, 0.29) is 23.9 Å². The summed E-state index contributed by atoms with van der Waals surface area (Å²) in [5, 5.41) is 8.72. The first kappa shape index (κ1) is 14.5. The van der Waals surface area contributed by atoms with E-state index in [1.54, 1.807) is 12.1 Å². The molecule has 1 rings (SSSR count). The molecule has 6 heteroatoms. The van der Waals surface area contributed by atoms with E-state index in [9.17, 15) is 9.59 Å². The smallest absolute Gasteiger partial charge is 0.335 e. The predicted molar refractivity (Wildman–Crippen MR) is 67.0 cm³/mol. The minimum atomic E-state index is -0.967. The molecule has 0 bridgehead atoms. The standard InChI is InChI=1S/C12H14O5S/c1-16-6-7-17-11(13)8-18-10-4-2-9(3-5-10)12(14)15/h2-5H,6-8H2,1H3,(H,14,15). The monoisotopic (exact) mass is 270 g/mol. The lowest BCUT2D eigenvalue weighted by Crippen LogP contribution is -2.11. The quantitative estimate of drug-likeness (QED) is 0.461. The van der Waals surface area contributed by atoms with E-state index in [4.69, 9.17) is 14.6 Å². The number of carboxylic acid groups (broad SMARTS) is 1. The Morgan fingerprint density at radius 2 is 1.89 bits per heavy atom. The topological polar surface area (TPSA) is 72.8 Å². The number of esters is 1. The Morgan fingerprint density at radius 1 is 1.22 bits per heavy atom. The fourth-order valence-electron chi connectivity index (χ4n) is 1.12. The van der Waals surface area contributed by atoms with Crippen LogP contribution in [-0.4, -0.2) is 43.1 Å². The summed E-state index contributed by atoms with van der Waals surface area (Å²) < 4.78 is 9.64. The van der Waals surface area contributed by atoms with Gasteiger partial charge < -0.3 is 14.6 Å². The fourth-order valence-corrected chi connectivity index (χ4v) is 1.81. The molecule has 0 saturated heterocycles. The van der Waals surface area contributed by atoms with Gasteiger partial charge in [-0.3, -0.25) is 4.79 Å². The van der Waals surface area contributed by atoms with Crippen LogP contribution in [0.4, 0.5) is 0 Å². The second-order valence-electron chi connectivity index (χ2n) is 3.33. The maximum absolute atomic E-state index is 11.3. The van der Waals surface area contributed by atoms with Crippen molar-refractivity contribution in [1.82, 2.24) is 0 Å². The normalized spacial score (nSPS) is 10.1. The van der Waals surface area contributed by atoms with Crippen LogP contribution in [0.3, 0.4) is 0 Å². The third-order valence-electron chi connectivity index (χ3n) is 2.01.